The molecular weight excluding hydrogens is 288 g/mol. The molecule has 0 aliphatic rings. The summed E-state index contributed by atoms with van der Waals surface area (Å²) in [5.74, 6) is 0.796. The third-order valence-electron chi connectivity index (χ3n) is 3.72. The summed E-state index contributed by atoms with van der Waals surface area (Å²) in [6.07, 6.45) is 5.35. The van der Waals surface area contributed by atoms with Crippen LogP contribution in [-0.4, -0.2) is 26.7 Å². The largest absolute Gasteiger partial charge is 0.496 e. The zero-order chi connectivity index (χ0) is 15.6. The lowest BCUT2D eigenvalue weighted by atomic mass is 10.1. The first-order valence-corrected chi connectivity index (χ1v) is 7.25. The summed E-state index contributed by atoms with van der Waals surface area (Å²) in [5.41, 5.74) is 4.54. The highest BCUT2D eigenvalue weighted by molar-refractivity contribution is 5.69. The molecule has 0 bridgehead atoms. The van der Waals surface area contributed by atoms with Crippen LogP contribution in [0.3, 0.4) is 0 Å². The van der Waals surface area contributed by atoms with Gasteiger partial charge < -0.3 is 4.74 Å². The molecule has 0 fully saturated rings. The number of aromatic nitrogens is 4. The van der Waals surface area contributed by atoms with Crippen LogP contribution in [0.4, 0.5) is 0 Å². The minimum atomic E-state index is 0.796. The van der Waals surface area contributed by atoms with Crippen LogP contribution in [0.1, 0.15) is 0 Å². The van der Waals surface area contributed by atoms with Gasteiger partial charge in [0.2, 0.25) is 0 Å². The molecule has 0 saturated heterocycles. The fourth-order valence-corrected chi connectivity index (χ4v) is 2.59. The van der Waals surface area contributed by atoms with Crippen molar-refractivity contribution in [2.24, 2.45) is 0 Å². The number of hydrogen-bond acceptors (Lipinski definition) is 4. The minimum absolute atomic E-state index is 0.796. The van der Waals surface area contributed by atoms with Gasteiger partial charge in [-0.05, 0) is 36.4 Å². The van der Waals surface area contributed by atoms with E-state index in [0.29, 0.717) is 0 Å². The van der Waals surface area contributed by atoms with E-state index in [2.05, 4.69) is 9.97 Å². The van der Waals surface area contributed by atoms with Crippen LogP contribution in [0.15, 0.2) is 67.1 Å². The summed E-state index contributed by atoms with van der Waals surface area (Å²) in [4.78, 5) is 8.48. The first-order valence-electron chi connectivity index (χ1n) is 7.25. The van der Waals surface area contributed by atoms with Crippen LogP contribution in [0.25, 0.3) is 28.2 Å². The molecule has 5 heteroatoms. The molecule has 0 radical (unpaired) electrons. The van der Waals surface area contributed by atoms with E-state index in [-0.39, 0.29) is 0 Å². The van der Waals surface area contributed by atoms with Crippen molar-refractivity contribution in [3.63, 3.8) is 0 Å². The predicted molar refractivity (Wildman–Crippen MR) is 88.2 cm³/mol. The number of para-hydroxylation sites is 1. The molecule has 4 aromatic rings. The topological polar surface area (TPSA) is 52.3 Å². The molecule has 0 aliphatic carbocycles. The summed E-state index contributed by atoms with van der Waals surface area (Å²) >= 11 is 0. The molecule has 0 spiro atoms. The first kappa shape index (κ1) is 13.5. The van der Waals surface area contributed by atoms with Crippen molar-refractivity contribution >= 4 is 5.65 Å². The number of rotatable bonds is 3. The normalized spacial score (nSPS) is 10.8. The SMILES string of the molecule is COc1ccccc1-c1ccc2ncc(-c3ccncc3)n2n1. The number of fused-ring (bicyclic) bond motifs is 1. The van der Waals surface area contributed by atoms with Crippen molar-refractivity contribution in [2.45, 2.75) is 0 Å². The maximum absolute atomic E-state index is 5.44. The summed E-state index contributed by atoms with van der Waals surface area (Å²) in [6.45, 7) is 0. The second-order valence-corrected chi connectivity index (χ2v) is 5.07. The molecule has 23 heavy (non-hydrogen) atoms. The Morgan fingerprint density at radius 3 is 2.61 bits per heavy atom. The van der Waals surface area contributed by atoms with Gasteiger partial charge in [-0.15, -0.1) is 0 Å². The Kier molecular flexibility index (Phi) is 3.24. The Morgan fingerprint density at radius 1 is 0.957 bits per heavy atom. The Morgan fingerprint density at radius 2 is 1.78 bits per heavy atom. The molecule has 5 nitrogen and oxygen atoms in total. The minimum Gasteiger partial charge on any atom is -0.496 e. The van der Waals surface area contributed by atoms with Gasteiger partial charge in [-0.3, -0.25) is 4.98 Å². The lowest BCUT2D eigenvalue weighted by molar-refractivity contribution is 0.416. The second kappa shape index (κ2) is 5.53. The van der Waals surface area contributed by atoms with E-state index in [9.17, 15) is 0 Å². The number of imidazole rings is 1. The second-order valence-electron chi connectivity index (χ2n) is 5.07. The molecule has 4 rings (SSSR count). The Hall–Kier alpha value is -3.21. The van der Waals surface area contributed by atoms with Crippen LogP contribution in [0.2, 0.25) is 0 Å². The van der Waals surface area contributed by atoms with E-state index >= 15 is 0 Å². The van der Waals surface area contributed by atoms with Gasteiger partial charge in [-0.25, -0.2) is 9.50 Å². The van der Waals surface area contributed by atoms with Gasteiger partial charge in [0, 0.05) is 23.5 Å². The van der Waals surface area contributed by atoms with E-state index in [1.54, 1.807) is 19.5 Å². The lowest BCUT2D eigenvalue weighted by Gasteiger charge is -2.08. The van der Waals surface area contributed by atoms with Crippen LogP contribution in [-0.2, 0) is 0 Å². The molecule has 0 amide bonds. The molecule has 0 aliphatic heterocycles. The average Bonchev–Trinajstić information content (AvgIpc) is 3.05. The molecular formula is C18H14N4O. The number of methoxy groups -OCH3 is 1. The van der Waals surface area contributed by atoms with Gasteiger partial charge in [0.25, 0.3) is 0 Å². The molecule has 112 valence electrons. The lowest BCUT2D eigenvalue weighted by Crippen LogP contribution is -1.98. The molecule has 3 aromatic heterocycles. The van der Waals surface area contributed by atoms with Crippen molar-refractivity contribution in [1.29, 1.82) is 0 Å². The summed E-state index contributed by atoms with van der Waals surface area (Å²) in [6, 6.07) is 15.6. The zero-order valence-corrected chi connectivity index (χ0v) is 12.5. The summed E-state index contributed by atoms with van der Waals surface area (Å²) < 4.78 is 7.28. The van der Waals surface area contributed by atoms with Crippen molar-refractivity contribution in [1.82, 2.24) is 19.6 Å². The third kappa shape index (κ3) is 2.32. The van der Waals surface area contributed by atoms with Gasteiger partial charge in [-0.2, -0.15) is 5.10 Å². The molecule has 0 N–H and O–H groups in total. The van der Waals surface area contributed by atoms with Crippen molar-refractivity contribution in [3.05, 3.63) is 67.1 Å². The summed E-state index contributed by atoms with van der Waals surface area (Å²) in [7, 11) is 1.66. The van der Waals surface area contributed by atoms with Crippen LogP contribution < -0.4 is 4.74 Å². The highest BCUT2D eigenvalue weighted by Gasteiger charge is 2.11. The number of ether oxygens (including phenoxy) is 1. The molecule has 0 saturated carbocycles. The molecule has 3 heterocycles. The molecule has 0 atom stereocenters. The van der Waals surface area contributed by atoms with Gasteiger partial charge in [0.1, 0.15) is 5.75 Å². The van der Waals surface area contributed by atoms with Crippen molar-refractivity contribution in [3.8, 4) is 28.3 Å². The quantitative estimate of drug-likeness (QED) is 0.581. The van der Waals surface area contributed by atoms with Gasteiger partial charge in [0.05, 0.1) is 24.7 Å². The predicted octanol–water partition coefficient (Wildman–Crippen LogP) is 3.47. The molecule has 1 aromatic carbocycles. The van der Waals surface area contributed by atoms with Crippen molar-refractivity contribution < 1.29 is 4.74 Å². The van der Waals surface area contributed by atoms with E-state index in [1.165, 1.54) is 0 Å². The standard InChI is InChI=1S/C18H14N4O/c1-23-17-5-3-2-4-14(17)15-6-7-18-20-12-16(22(18)21-15)13-8-10-19-11-9-13/h2-12H,1H3. The highest BCUT2D eigenvalue weighted by atomic mass is 16.5. The number of pyridine rings is 1. The summed E-state index contributed by atoms with van der Waals surface area (Å²) in [5, 5.41) is 4.74. The number of hydrogen-bond donors (Lipinski definition) is 0. The third-order valence-corrected chi connectivity index (χ3v) is 3.72. The Bertz CT molecular complexity index is 963. The average molecular weight is 302 g/mol. The molecule has 0 unspecified atom stereocenters. The van der Waals surface area contributed by atoms with E-state index in [1.807, 2.05) is 59.2 Å². The maximum atomic E-state index is 5.44. The Balaban J connectivity index is 1.91. The van der Waals surface area contributed by atoms with E-state index < -0.39 is 0 Å². The van der Waals surface area contributed by atoms with Crippen molar-refractivity contribution in [2.75, 3.05) is 7.11 Å². The van der Waals surface area contributed by atoms with Gasteiger partial charge >= 0.3 is 0 Å². The Labute approximate surface area is 133 Å². The monoisotopic (exact) mass is 302 g/mol. The highest BCUT2D eigenvalue weighted by Crippen LogP contribution is 2.29. The zero-order valence-electron chi connectivity index (χ0n) is 12.5. The first-order chi connectivity index (χ1) is 11.4. The van der Waals surface area contributed by atoms with Gasteiger partial charge in [0.15, 0.2) is 5.65 Å². The fraction of sp³-hybridized carbons (Fsp3) is 0.0556. The fourth-order valence-electron chi connectivity index (χ4n) is 2.59. The van der Waals surface area contributed by atoms with Crippen LogP contribution in [0, 0.1) is 0 Å². The van der Waals surface area contributed by atoms with Crippen LogP contribution in [0.5, 0.6) is 5.75 Å². The number of nitrogens with zero attached hydrogens (tertiary/aromatic N) is 4. The van der Waals surface area contributed by atoms with E-state index in [0.717, 1.165) is 33.9 Å². The van der Waals surface area contributed by atoms with Crippen LogP contribution >= 0.6 is 0 Å². The number of benzene rings is 1. The van der Waals surface area contributed by atoms with E-state index in [4.69, 9.17) is 9.84 Å². The smallest absolute Gasteiger partial charge is 0.154 e. The maximum Gasteiger partial charge on any atom is 0.154 e. The van der Waals surface area contributed by atoms with Gasteiger partial charge in [-0.1, -0.05) is 12.1 Å².